The summed E-state index contributed by atoms with van der Waals surface area (Å²) < 4.78 is 0. The fraction of sp³-hybridized carbons (Fsp3) is 0.471. The molecule has 1 aliphatic rings. The fourth-order valence-electron chi connectivity index (χ4n) is 2.51. The van der Waals surface area contributed by atoms with Crippen molar-refractivity contribution in [2.75, 3.05) is 0 Å². The van der Waals surface area contributed by atoms with Crippen molar-refractivity contribution in [2.45, 2.75) is 52.1 Å². The Hall–Kier alpha value is -1.41. The normalized spacial score (nSPS) is 15.4. The molecule has 0 bridgehead atoms. The van der Waals surface area contributed by atoms with Gasteiger partial charge in [-0.15, -0.1) is 0 Å². The zero-order valence-electron chi connectivity index (χ0n) is 12.0. The molecule has 0 atom stereocenters. The topological polar surface area (TPSA) is 24.9 Å². The summed E-state index contributed by atoms with van der Waals surface area (Å²) >= 11 is 0. The highest BCUT2D eigenvalue weighted by atomic mass is 14.9. The summed E-state index contributed by atoms with van der Waals surface area (Å²) in [6.07, 6.45) is 2.67. The van der Waals surface area contributed by atoms with Gasteiger partial charge in [-0.2, -0.15) is 0 Å². The number of fused-ring (bicyclic) bond motifs is 1. The molecular weight excluding hydrogens is 232 g/mol. The predicted molar refractivity (Wildman–Crippen MR) is 80.4 cm³/mol. The van der Waals surface area contributed by atoms with Gasteiger partial charge in [0.25, 0.3) is 0 Å². The van der Waals surface area contributed by atoms with Gasteiger partial charge in [0.15, 0.2) is 0 Å². The third kappa shape index (κ3) is 2.79. The Labute approximate surface area is 115 Å². The van der Waals surface area contributed by atoms with E-state index in [1.165, 1.54) is 29.4 Å². The third-order valence-corrected chi connectivity index (χ3v) is 3.87. The number of pyridine rings is 1. The van der Waals surface area contributed by atoms with E-state index in [1.54, 1.807) is 0 Å². The maximum atomic E-state index is 4.65. The van der Waals surface area contributed by atoms with E-state index in [-0.39, 0.29) is 0 Å². The van der Waals surface area contributed by atoms with Crippen LogP contribution in [0.4, 0.5) is 0 Å². The first-order chi connectivity index (χ1) is 9.13. The second-order valence-corrected chi connectivity index (χ2v) is 6.01. The average molecular weight is 254 g/mol. The lowest BCUT2D eigenvalue weighted by Crippen LogP contribution is -2.15. The van der Waals surface area contributed by atoms with Gasteiger partial charge in [0.05, 0.1) is 5.52 Å². The van der Waals surface area contributed by atoms with E-state index in [0.29, 0.717) is 5.92 Å². The molecule has 0 saturated heterocycles. The van der Waals surface area contributed by atoms with E-state index < -0.39 is 0 Å². The van der Waals surface area contributed by atoms with Crippen molar-refractivity contribution in [3.05, 3.63) is 41.1 Å². The maximum Gasteiger partial charge on any atom is 0.0708 e. The second kappa shape index (κ2) is 4.93. The Kier molecular flexibility index (Phi) is 3.28. The number of hydrogen-bond donors (Lipinski definition) is 1. The minimum atomic E-state index is 0.565. The van der Waals surface area contributed by atoms with Crippen molar-refractivity contribution < 1.29 is 0 Å². The highest BCUT2D eigenvalue weighted by molar-refractivity contribution is 5.83. The monoisotopic (exact) mass is 254 g/mol. The van der Waals surface area contributed by atoms with E-state index >= 15 is 0 Å². The molecule has 100 valence electrons. The number of aromatic nitrogens is 1. The number of nitrogens with zero attached hydrogens (tertiary/aromatic N) is 1. The van der Waals surface area contributed by atoms with Crippen LogP contribution in [0.25, 0.3) is 10.9 Å². The second-order valence-electron chi connectivity index (χ2n) is 6.01. The number of hydrogen-bond acceptors (Lipinski definition) is 2. The fourth-order valence-corrected chi connectivity index (χ4v) is 2.51. The van der Waals surface area contributed by atoms with Gasteiger partial charge in [0.2, 0.25) is 0 Å². The number of nitrogens with one attached hydrogen (secondary N) is 1. The summed E-state index contributed by atoms with van der Waals surface area (Å²) in [7, 11) is 0. The van der Waals surface area contributed by atoms with Gasteiger partial charge < -0.3 is 5.32 Å². The summed E-state index contributed by atoms with van der Waals surface area (Å²) in [5.41, 5.74) is 5.01. The van der Waals surface area contributed by atoms with E-state index in [2.05, 4.69) is 55.3 Å². The molecule has 0 spiro atoms. The van der Waals surface area contributed by atoms with Crippen molar-refractivity contribution in [3.63, 3.8) is 0 Å². The average Bonchev–Trinajstić information content (AvgIpc) is 3.19. The van der Waals surface area contributed by atoms with Crippen molar-refractivity contribution in [3.8, 4) is 0 Å². The SMILES string of the molecule is Cc1cc(CNC2CC2)c2cc(C(C)C)ccc2n1. The molecule has 1 saturated carbocycles. The van der Waals surface area contributed by atoms with Crippen LogP contribution in [0.15, 0.2) is 24.3 Å². The van der Waals surface area contributed by atoms with E-state index in [0.717, 1.165) is 23.8 Å². The first-order valence-electron chi connectivity index (χ1n) is 7.27. The molecule has 2 aromatic rings. The first-order valence-corrected chi connectivity index (χ1v) is 7.27. The van der Waals surface area contributed by atoms with Gasteiger partial charge in [0.1, 0.15) is 0 Å². The largest absolute Gasteiger partial charge is 0.310 e. The molecule has 1 aromatic carbocycles. The van der Waals surface area contributed by atoms with Gasteiger partial charge in [-0.25, -0.2) is 0 Å². The lowest BCUT2D eigenvalue weighted by molar-refractivity contribution is 0.690. The van der Waals surface area contributed by atoms with Gasteiger partial charge in [-0.3, -0.25) is 4.98 Å². The molecule has 1 aromatic heterocycles. The summed E-state index contributed by atoms with van der Waals surface area (Å²) in [4.78, 5) is 4.65. The zero-order valence-corrected chi connectivity index (χ0v) is 12.0. The summed E-state index contributed by atoms with van der Waals surface area (Å²) in [5, 5.41) is 4.92. The van der Waals surface area contributed by atoms with Crippen LogP contribution < -0.4 is 5.32 Å². The van der Waals surface area contributed by atoms with Crippen molar-refractivity contribution in [2.24, 2.45) is 0 Å². The van der Waals surface area contributed by atoms with Crippen LogP contribution in [0.1, 0.15) is 49.4 Å². The molecule has 1 N–H and O–H groups in total. The Morgan fingerprint density at radius 2 is 2.05 bits per heavy atom. The summed E-state index contributed by atoms with van der Waals surface area (Å²) in [6.45, 7) is 7.53. The smallest absolute Gasteiger partial charge is 0.0708 e. The molecule has 2 heteroatoms. The van der Waals surface area contributed by atoms with Crippen LogP contribution in [0.2, 0.25) is 0 Å². The Bertz CT molecular complexity index is 597. The van der Waals surface area contributed by atoms with Crippen LogP contribution in [0.5, 0.6) is 0 Å². The highest BCUT2D eigenvalue weighted by Crippen LogP contribution is 2.25. The number of aryl methyl sites for hydroxylation is 1. The molecule has 1 aliphatic carbocycles. The minimum absolute atomic E-state index is 0.565. The molecule has 0 unspecified atom stereocenters. The molecule has 0 radical (unpaired) electrons. The van der Waals surface area contributed by atoms with Crippen molar-refractivity contribution in [1.82, 2.24) is 10.3 Å². The van der Waals surface area contributed by atoms with Crippen LogP contribution in [0, 0.1) is 6.92 Å². The number of rotatable bonds is 4. The minimum Gasteiger partial charge on any atom is -0.310 e. The molecule has 0 amide bonds. The standard InChI is InChI=1S/C17H22N2/c1-11(2)13-4-7-17-16(9-13)14(8-12(3)19-17)10-18-15-5-6-15/h4,7-9,11,15,18H,5-6,10H2,1-3H3. The van der Waals surface area contributed by atoms with E-state index in [1.807, 2.05) is 0 Å². The van der Waals surface area contributed by atoms with Crippen LogP contribution in [-0.4, -0.2) is 11.0 Å². The summed E-state index contributed by atoms with van der Waals surface area (Å²) in [6, 6.07) is 9.66. The van der Waals surface area contributed by atoms with Crippen LogP contribution >= 0.6 is 0 Å². The Balaban J connectivity index is 2.02. The van der Waals surface area contributed by atoms with Gasteiger partial charge in [-0.1, -0.05) is 19.9 Å². The Morgan fingerprint density at radius 3 is 2.74 bits per heavy atom. The molecule has 1 heterocycles. The van der Waals surface area contributed by atoms with Gasteiger partial charge in [-0.05, 0) is 55.0 Å². The number of benzene rings is 1. The molecule has 3 rings (SSSR count). The van der Waals surface area contributed by atoms with Gasteiger partial charge in [0, 0.05) is 23.7 Å². The molecule has 1 fully saturated rings. The maximum absolute atomic E-state index is 4.65. The highest BCUT2D eigenvalue weighted by Gasteiger charge is 2.20. The van der Waals surface area contributed by atoms with Crippen LogP contribution in [0.3, 0.4) is 0 Å². The lowest BCUT2D eigenvalue weighted by Gasteiger charge is -2.12. The quantitative estimate of drug-likeness (QED) is 0.894. The zero-order chi connectivity index (χ0) is 13.4. The lowest BCUT2D eigenvalue weighted by atomic mass is 9.98. The molecule has 19 heavy (non-hydrogen) atoms. The Morgan fingerprint density at radius 1 is 1.26 bits per heavy atom. The van der Waals surface area contributed by atoms with Gasteiger partial charge >= 0.3 is 0 Å². The van der Waals surface area contributed by atoms with Crippen molar-refractivity contribution >= 4 is 10.9 Å². The van der Waals surface area contributed by atoms with Crippen LogP contribution in [-0.2, 0) is 6.54 Å². The molecular formula is C17H22N2. The predicted octanol–water partition coefficient (Wildman–Crippen LogP) is 3.92. The molecule has 0 aliphatic heterocycles. The first kappa shape index (κ1) is 12.6. The van der Waals surface area contributed by atoms with E-state index in [4.69, 9.17) is 0 Å². The molecule has 2 nitrogen and oxygen atoms in total. The van der Waals surface area contributed by atoms with Crippen molar-refractivity contribution in [1.29, 1.82) is 0 Å². The van der Waals surface area contributed by atoms with E-state index in [9.17, 15) is 0 Å². The summed E-state index contributed by atoms with van der Waals surface area (Å²) in [5.74, 6) is 0.565. The third-order valence-electron chi connectivity index (χ3n) is 3.87.